The summed E-state index contributed by atoms with van der Waals surface area (Å²) < 4.78 is 13.7. The summed E-state index contributed by atoms with van der Waals surface area (Å²) in [6.45, 7) is 3.38. The van der Waals surface area contributed by atoms with E-state index in [9.17, 15) is 14.6 Å². The second-order valence-electron chi connectivity index (χ2n) is 4.71. The zero-order valence-corrected chi connectivity index (χ0v) is 10.8. The van der Waals surface area contributed by atoms with E-state index >= 15 is 0 Å². The molecule has 96 valence electrons. The highest BCUT2D eigenvalue weighted by Crippen LogP contribution is 2.34. The van der Waals surface area contributed by atoms with Gasteiger partial charge in [0.1, 0.15) is 5.82 Å². The van der Waals surface area contributed by atoms with Crippen molar-refractivity contribution in [3.63, 3.8) is 0 Å². The molecule has 1 aromatic carbocycles. The largest absolute Gasteiger partial charge is 0.396 e. The summed E-state index contributed by atoms with van der Waals surface area (Å²) in [5, 5.41) is 19.3. The molecule has 1 aromatic rings. The molecule has 0 aliphatic carbocycles. The highest BCUT2D eigenvalue weighted by Gasteiger charge is 2.34. The van der Waals surface area contributed by atoms with Crippen LogP contribution in [0.1, 0.15) is 19.4 Å². The van der Waals surface area contributed by atoms with Gasteiger partial charge in [0.05, 0.1) is 13.2 Å². The van der Waals surface area contributed by atoms with Crippen LogP contribution in [0, 0.1) is 17.2 Å². The molecular formula is C13H18ClFO2. The van der Waals surface area contributed by atoms with E-state index < -0.39 is 11.2 Å². The van der Waals surface area contributed by atoms with Crippen molar-refractivity contribution in [2.45, 2.75) is 20.3 Å². The van der Waals surface area contributed by atoms with Crippen molar-refractivity contribution in [1.29, 1.82) is 0 Å². The van der Waals surface area contributed by atoms with Gasteiger partial charge < -0.3 is 10.2 Å². The van der Waals surface area contributed by atoms with E-state index in [1.807, 2.05) is 13.8 Å². The van der Waals surface area contributed by atoms with Gasteiger partial charge in [-0.1, -0.05) is 31.5 Å². The fraction of sp³-hybridized carbons (Fsp3) is 0.538. The Kier molecular flexibility index (Phi) is 4.92. The van der Waals surface area contributed by atoms with Crippen molar-refractivity contribution in [3.05, 3.63) is 34.6 Å². The van der Waals surface area contributed by atoms with Crippen molar-refractivity contribution in [3.8, 4) is 0 Å². The number of aliphatic hydroxyl groups excluding tert-OH is 2. The smallest absolute Gasteiger partial charge is 0.127 e. The molecule has 0 heterocycles. The molecule has 0 saturated carbocycles. The lowest BCUT2D eigenvalue weighted by molar-refractivity contribution is 0.0157. The molecule has 0 atom stereocenters. The standard InChI is InChI=1S/C13H18ClFO2/c1-9(2)13(7-16,8-17)6-10-11(14)4-3-5-12(10)15/h3-5,9,16-17H,6-8H2,1-2H3. The maximum absolute atomic E-state index is 13.7. The van der Waals surface area contributed by atoms with Gasteiger partial charge in [-0.2, -0.15) is 0 Å². The summed E-state index contributed by atoms with van der Waals surface area (Å²) >= 11 is 5.95. The van der Waals surface area contributed by atoms with Crippen molar-refractivity contribution in [1.82, 2.24) is 0 Å². The Morgan fingerprint density at radius 3 is 2.29 bits per heavy atom. The Morgan fingerprint density at radius 1 is 1.29 bits per heavy atom. The van der Waals surface area contributed by atoms with Crippen LogP contribution < -0.4 is 0 Å². The maximum atomic E-state index is 13.7. The van der Waals surface area contributed by atoms with E-state index in [0.29, 0.717) is 10.6 Å². The van der Waals surface area contributed by atoms with Gasteiger partial charge in [-0.3, -0.25) is 0 Å². The lowest BCUT2D eigenvalue weighted by Gasteiger charge is -2.34. The molecule has 0 bridgehead atoms. The molecule has 0 aliphatic rings. The van der Waals surface area contributed by atoms with Crippen molar-refractivity contribution < 1.29 is 14.6 Å². The topological polar surface area (TPSA) is 40.5 Å². The fourth-order valence-electron chi connectivity index (χ4n) is 1.78. The molecule has 1 rings (SSSR count). The zero-order chi connectivity index (χ0) is 13.1. The summed E-state index contributed by atoms with van der Waals surface area (Å²) in [4.78, 5) is 0. The average molecular weight is 261 g/mol. The molecule has 0 aliphatic heterocycles. The summed E-state index contributed by atoms with van der Waals surface area (Å²) in [5.41, 5.74) is -0.391. The number of hydrogen-bond donors (Lipinski definition) is 2. The Bertz CT molecular complexity index is 355. The van der Waals surface area contributed by atoms with Crippen molar-refractivity contribution in [2.75, 3.05) is 13.2 Å². The monoisotopic (exact) mass is 260 g/mol. The lowest BCUT2D eigenvalue weighted by atomic mass is 9.74. The van der Waals surface area contributed by atoms with Crippen LogP contribution in [0.2, 0.25) is 5.02 Å². The minimum Gasteiger partial charge on any atom is -0.396 e. The molecule has 4 heteroatoms. The van der Waals surface area contributed by atoms with Crippen LogP contribution in [0.25, 0.3) is 0 Å². The van der Waals surface area contributed by atoms with E-state index in [4.69, 9.17) is 11.6 Å². The third-order valence-electron chi connectivity index (χ3n) is 3.45. The van der Waals surface area contributed by atoms with Gasteiger partial charge in [0.15, 0.2) is 0 Å². The molecule has 0 fully saturated rings. The minimum absolute atomic E-state index is 0.0215. The van der Waals surface area contributed by atoms with Crippen LogP contribution in [0.15, 0.2) is 18.2 Å². The van der Waals surface area contributed by atoms with Crippen LogP contribution in [-0.4, -0.2) is 23.4 Å². The van der Waals surface area contributed by atoms with Crippen molar-refractivity contribution in [2.24, 2.45) is 11.3 Å². The van der Waals surface area contributed by atoms with Gasteiger partial charge in [0, 0.05) is 16.0 Å². The van der Waals surface area contributed by atoms with E-state index in [0.717, 1.165) is 0 Å². The molecule has 0 radical (unpaired) electrons. The molecule has 0 saturated heterocycles. The molecular weight excluding hydrogens is 243 g/mol. The normalized spacial score (nSPS) is 12.2. The van der Waals surface area contributed by atoms with Gasteiger partial charge in [0.2, 0.25) is 0 Å². The fourth-order valence-corrected chi connectivity index (χ4v) is 2.01. The predicted molar refractivity (Wildman–Crippen MR) is 66.6 cm³/mol. The van der Waals surface area contributed by atoms with Crippen molar-refractivity contribution >= 4 is 11.6 Å². The number of rotatable bonds is 5. The first-order valence-electron chi connectivity index (χ1n) is 5.61. The average Bonchev–Trinajstić information content (AvgIpc) is 2.29. The van der Waals surface area contributed by atoms with Gasteiger partial charge in [0.25, 0.3) is 0 Å². The first-order chi connectivity index (χ1) is 7.96. The summed E-state index contributed by atoms with van der Waals surface area (Å²) in [6, 6.07) is 4.48. The molecule has 17 heavy (non-hydrogen) atoms. The first-order valence-corrected chi connectivity index (χ1v) is 5.99. The first kappa shape index (κ1) is 14.4. The number of halogens is 2. The SMILES string of the molecule is CC(C)C(CO)(CO)Cc1c(F)cccc1Cl. The summed E-state index contributed by atoms with van der Waals surface area (Å²) in [6.07, 6.45) is 0.225. The van der Waals surface area contributed by atoms with Crippen LogP contribution in [-0.2, 0) is 6.42 Å². The maximum Gasteiger partial charge on any atom is 0.127 e. The van der Waals surface area contributed by atoms with Crippen LogP contribution in [0.3, 0.4) is 0 Å². The Hall–Kier alpha value is -0.640. The van der Waals surface area contributed by atoms with Gasteiger partial charge in [-0.25, -0.2) is 4.39 Å². The number of hydrogen-bond acceptors (Lipinski definition) is 2. The van der Waals surface area contributed by atoms with Gasteiger partial charge >= 0.3 is 0 Å². The van der Waals surface area contributed by atoms with Crippen LogP contribution >= 0.6 is 11.6 Å². The lowest BCUT2D eigenvalue weighted by Crippen LogP contribution is -2.38. The van der Waals surface area contributed by atoms with Gasteiger partial charge in [-0.05, 0) is 24.5 Å². The van der Waals surface area contributed by atoms with Crippen LogP contribution in [0.4, 0.5) is 4.39 Å². The summed E-state index contributed by atoms with van der Waals surface area (Å²) in [5.74, 6) is -0.377. The molecule has 0 amide bonds. The third-order valence-corrected chi connectivity index (χ3v) is 3.80. The molecule has 0 unspecified atom stereocenters. The molecule has 0 spiro atoms. The zero-order valence-electron chi connectivity index (χ0n) is 10.1. The number of aliphatic hydroxyl groups is 2. The molecule has 2 nitrogen and oxygen atoms in total. The second-order valence-corrected chi connectivity index (χ2v) is 5.12. The second kappa shape index (κ2) is 5.80. The van der Waals surface area contributed by atoms with E-state index in [1.54, 1.807) is 6.07 Å². The summed E-state index contributed by atoms with van der Waals surface area (Å²) in [7, 11) is 0. The van der Waals surface area contributed by atoms with Gasteiger partial charge in [-0.15, -0.1) is 0 Å². The Labute approximate surface area is 106 Å². The Balaban J connectivity index is 3.10. The highest BCUT2D eigenvalue weighted by molar-refractivity contribution is 6.31. The quantitative estimate of drug-likeness (QED) is 0.855. The predicted octanol–water partition coefficient (Wildman–Crippen LogP) is 2.65. The van der Waals surface area contributed by atoms with E-state index in [1.165, 1.54) is 12.1 Å². The van der Waals surface area contributed by atoms with E-state index in [2.05, 4.69) is 0 Å². The molecule has 2 N–H and O–H groups in total. The number of benzene rings is 1. The van der Waals surface area contributed by atoms with E-state index in [-0.39, 0.29) is 25.6 Å². The minimum atomic E-state index is -0.744. The molecule has 0 aromatic heterocycles. The third kappa shape index (κ3) is 2.97. The van der Waals surface area contributed by atoms with Crippen LogP contribution in [0.5, 0.6) is 0 Å². The highest BCUT2D eigenvalue weighted by atomic mass is 35.5. The Morgan fingerprint density at radius 2 is 1.88 bits per heavy atom.